The van der Waals surface area contributed by atoms with Crippen LogP contribution in [0.3, 0.4) is 0 Å². The number of hydrogen-bond acceptors (Lipinski definition) is 8. The molecule has 0 fully saturated rings. The molecule has 0 aliphatic heterocycles. The largest absolute Gasteiger partial charge is 0.382 e. The maximum absolute atomic E-state index is 13.9. The van der Waals surface area contributed by atoms with Crippen molar-refractivity contribution in [3.05, 3.63) is 56.6 Å². The summed E-state index contributed by atoms with van der Waals surface area (Å²) in [6, 6.07) is 1.53. The lowest BCUT2D eigenvalue weighted by atomic mass is 10.2. The zero-order valence-electron chi connectivity index (χ0n) is 15.3. The smallest absolute Gasteiger partial charge is 0.266 e. The first-order chi connectivity index (χ1) is 14.3. The molecule has 4 aromatic rings. The highest BCUT2D eigenvalue weighted by Crippen LogP contribution is 2.30. The molecule has 0 saturated heterocycles. The van der Waals surface area contributed by atoms with Crippen LogP contribution in [-0.4, -0.2) is 29.7 Å². The van der Waals surface area contributed by atoms with Crippen LogP contribution >= 0.6 is 23.2 Å². The van der Waals surface area contributed by atoms with E-state index in [1.165, 1.54) is 17.0 Å². The summed E-state index contributed by atoms with van der Waals surface area (Å²) in [6.07, 6.45) is 2.93. The van der Waals surface area contributed by atoms with Gasteiger partial charge in [0.1, 0.15) is 22.5 Å². The van der Waals surface area contributed by atoms with Crippen molar-refractivity contribution in [2.75, 3.05) is 16.8 Å². The van der Waals surface area contributed by atoms with Gasteiger partial charge in [-0.25, -0.2) is 9.37 Å². The summed E-state index contributed by atoms with van der Waals surface area (Å²) in [5, 5.41) is 9.61. The first-order valence-electron chi connectivity index (χ1n) is 8.52. The number of nitrogen functional groups attached to an aromatic ring is 2. The summed E-state index contributed by atoms with van der Waals surface area (Å²) in [5.74, 6) is -0.329. The molecule has 154 valence electrons. The molecule has 0 unspecified atom stereocenters. The number of halogens is 3. The highest BCUT2D eigenvalue weighted by atomic mass is 35.5. The Hall–Kier alpha value is -3.44. The Balaban J connectivity index is 1.93. The third kappa shape index (κ3) is 3.37. The molecule has 0 radical (unpaired) electrons. The van der Waals surface area contributed by atoms with Crippen molar-refractivity contribution < 1.29 is 4.39 Å². The molecule has 0 aliphatic carbocycles. The van der Waals surface area contributed by atoms with E-state index in [9.17, 15) is 9.18 Å². The highest BCUT2D eigenvalue weighted by molar-refractivity contribution is 6.35. The van der Waals surface area contributed by atoms with Gasteiger partial charge in [-0.3, -0.25) is 14.5 Å². The Labute approximate surface area is 178 Å². The van der Waals surface area contributed by atoms with Crippen LogP contribution in [0.1, 0.15) is 18.8 Å². The van der Waals surface area contributed by atoms with Gasteiger partial charge in [0.2, 0.25) is 5.95 Å². The number of aromatic nitrogens is 6. The SMILES string of the molecule is C[C@H](Nc1nc(N)nc(N)c1Cl)c1nc2c(Cl)cc(F)cc2c(=O)n1-c1cn[nH]c1. The molecule has 3 heterocycles. The number of nitrogens with one attached hydrogen (secondary N) is 2. The molecular weight excluding hydrogens is 436 g/mol. The molecule has 0 saturated carbocycles. The van der Waals surface area contributed by atoms with Crippen molar-refractivity contribution in [1.82, 2.24) is 29.7 Å². The van der Waals surface area contributed by atoms with E-state index >= 15 is 0 Å². The number of H-pyrrole nitrogens is 1. The van der Waals surface area contributed by atoms with Crippen molar-refractivity contribution in [2.45, 2.75) is 13.0 Å². The molecule has 0 amide bonds. The number of aromatic amines is 1. The minimum Gasteiger partial charge on any atom is -0.382 e. The van der Waals surface area contributed by atoms with Gasteiger partial charge in [0.05, 0.1) is 33.9 Å². The summed E-state index contributed by atoms with van der Waals surface area (Å²) in [7, 11) is 0. The minimum atomic E-state index is -0.650. The summed E-state index contributed by atoms with van der Waals surface area (Å²) in [4.78, 5) is 25.6. The van der Waals surface area contributed by atoms with Crippen LogP contribution in [0, 0.1) is 5.82 Å². The van der Waals surface area contributed by atoms with Crippen LogP contribution in [0.25, 0.3) is 16.6 Å². The molecule has 4 rings (SSSR count). The van der Waals surface area contributed by atoms with E-state index in [4.69, 9.17) is 34.7 Å². The second-order valence-corrected chi connectivity index (χ2v) is 7.13. The number of hydrogen-bond donors (Lipinski definition) is 4. The second kappa shape index (κ2) is 7.43. The number of anilines is 3. The van der Waals surface area contributed by atoms with Crippen LogP contribution in [0.15, 0.2) is 29.3 Å². The lowest BCUT2D eigenvalue weighted by Crippen LogP contribution is -2.27. The number of nitrogens with zero attached hydrogens (tertiary/aromatic N) is 5. The van der Waals surface area contributed by atoms with Crippen LogP contribution in [-0.2, 0) is 0 Å². The van der Waals surface area contributed by atoms with Crippen LogP contribution in [0.4, 0.5) is 22.0 Å². The van der Waals surface area contributed by atoms with Gasteiger partial charge in [0, 0.05) is 6.20 Å². The molecule has 1 aromatic carbocycles. The number of rotatable bonds is 4. The van der Waals surface area contributed by atoms with E-state index in [0.29, 0.717) is 5.69 Å². The first kappa shape index (κ1) is 19.9. The predicted molar refractivity (Wildman–Crippen MR) is 112 cm³/mol. The summed E-state index contributed by atoms with van der Waals surface area (Å²) < 4.78 is 15.2. The third-order valence-electron chi connectivity index (χ3n) is 4.29. The Bertz CT molecular complexity index is 1320. The van der Waals surface area contributed by atoms with E-state index < -0.39 is 17.4 Å². The quantitative estimate of drug-likeness (QED) is 0.370. The average Bonchev–Trinajstić information content (AvgIpc) is 3.20. The number of benzene rings is 1. The summed E-state index contributed by atoms with van der Waals surface area (Å²) >= 11 is 12.3. The third-order valence-corrected chi connectivity index (χ3v) is 4.95. The van der Waals surface area contributed by atoms with Gasteiger partial charge in [0.15, 0.2) is 5.82 Å². The van der Waals surface area contributed by atoms with Crippen molar-refractivity contribution in [3.63, 3.8) is 0 Å². The zero-order valence-corrected chi connectivity index (χ0v) is 16.8. The predicted octanol–water partition coefficient (Wildman–Crippen LogP) is 2.68. The van der Waals surface area contributed by atoms with E-state index in [1.54, 1.807) is 6.92 Å². The molecular formula is C17H14Cl2FN9O. The van der Waals surface area contributed by atoms with E-state index in [0.717, 1.165) is 12.1 Å². The highest BCUT2D eigenvalue weighted by Gasteiger charge is 2.22. The van der Waals surface area contributed by atoms with Gasteiger partial charge in [-0.05, 0) is 19.1 Å². The van der Waals surface area contributed by atoms with Gasteiger partial charge in [0.25, 0.3) is 5.56 Å². The monoisotopic (exact) mass is 449 g/mol. The molecule has 0 bridgehead atoms. The maximum atomic E-state index is 13.9. The van der Waals surface area contributed by atoms with E-state index in [1.807, 2.05) is 0 Å². The number of fused-ring (bicyclic) bond motifs is 1. The standard InChI is InChI=1S/C17H14Cl2FN9O/c1-6(25-14-11(19)13(21)27-17(22)28-14)15-26-12-9(2-7(20)3-10(12)18)16(30)29(15)8-4-23-24-5-8/h2-6H,1H3,(H,23,24)(H5,21,22,25,27,28)/t6-/m0/s1. The van der Waals surface area contributed by atoms with E-state index in [2.05, 4.69) is 30.5 Å². The molecule has 6 N–H and O–H groups in total. The van der Waals surface area contributed by atoms with Crippen LogP contribution < -0.4 is 22.3 Å². The Morgan fingerprint density at radius 1 is 1.23 bits per heavy atom. The fourth-order valence-corrected chi connectivity index (χ4v) is 3.37. The molecule has 3 aromatic heterocycles. The van der Waals surface area contributed by atoms with Gasteiger partial charge in [-0.2, -0.15) is 15.1 Å². The fraction of sp³-hybridized carbons (Fsp3) is 0.118. The first-order valence-corrected chi connectivity index (χ1v) is 9.27. The Kier molecular flexibility index (Phi) is 4.92. The average molecular weight is 450 g/mol. The maximum Gasteiger partial charge on any atom is 0.266 e. The zero-order chi connectivity index (χ0) is 21.6. The molecule has 0 aliphatic rings. The lowest BCUT2D eigenvalue weighted by Gasteiger charge is -2.20. The number of nitrogens with two attached hydrogens (primary N) is 2. The van der Waals surface area contributed by atoms with Crippen LogP contribution in [0.2, 0.25) is 10.0 Å². The van der Waals surface area contributed by atoms with Crippen molar-refractivity contribution in [1.29, 1.82) is 0 Å². The molecule has 0 spiro atoms. The van der Waals surface area contributed by atoms with Crippen molar-refractivity contribution >= 4 is 51.7 Å². The topological polar surface area (TPSA) is 153 Å². The van der Waals surface area contributed by atoms with Crippen LogP contribution in [0.5, 0.6) is 0 Å². The van der Waals surface area contributed by atoms with Crippen molar-refractivity contribution in [2.24, 2.45) is 0 Å². The molecule has 10 nitrogen and oxygen atoms in total. The minimum absolute atomic E-state index is 0.00320. The fourth-order valence-electron chi connectivity index (χ4n) is 2.99. The molecule has 1 atom stereocenters. The van der Waals surface area contributed by atoms with Gasteiger partial charge < -0.3 is 16.8 Å². The lowest BCUT2D eigenvalue weighted by molar-refractivity contribution is 0.629. The van der Waals surface area contributed by atoms with Gasteiger partial charge in [-0.1, -0.05) is 23.2 Å². The van der Waals surface area contributed by atoms with Gasteiger partial charge in [-0.15, -0.1) is 0 Å². The summed E-state index contributed by atoms with van der Waals surface area (Å²) in [5.41, 5.74) is 11.4. The van der Waals surface area contributed by atoms with E-state index in [-0.39, 0.29) is 44.4 Å². The summed E-state index contributed by atoms with van der Waals surface area (Å²) in [6.45, 7) is 1.71. The Morgan fingerprint density at radius 2 is 2.00 bits per heavy atom. The van der Waals surface area contributed by atoms with Gasteiger partial charge >= 0.3 is 0 Å². The Morgan fingerprint density at radius 3 is 2.70 bits per heavy atom. The molecule has 13 heteroatoms. The molecule has 30 heavy (non-hydrogen) atoms. The second-order valence-electron chi connectivity index (χ2n) is 6.35. The van der Waals surface area contributed by atoms with Crippen molar-refractivity contribution in [3.8, 4) is 5.69 Å². The normalized spacial score (nSPS) is 12.3.